The van der Waals surface area contributed by atoms with Gasteiger partial charge in [0, 0.05) is 0 Å². The monoisotopic (exact) mass is 285 g/mol. The third kappa shape index (κ3) is 4.33. The quantitative estimate of drug-likeness (QED) is 0.607. The molecule has 0 saturated carbocycles. The first-order valence-corrected chi connectivity index (χ1v) is 7.79. The molecule has 0 aromatic heterocycles. The molecule has 0 fully saturated rings. The zero-order valence-electron chi connectivity index (χ0n) is 11.0. The van der Waals surface area contributed by atoms with E-state index >= 15 is 0 Å². The minimum atomic E-state index is -3.60. The molecule has 1 amide bonds. The normalized spacial score (nSPS) is 13.3. The van der Waals surface area contributed by atoms with Crippen molar-refractivity contribution in [3.05, 3.63) is 35.9 Å². The maximum absolute atomic E-state index is 12.2. The molecule has 6 heteroatoms. The summed E-state index contributed by atoms with van der Waals surface area (Å²) < 4.78 is 24.3. The largest absolute Gasteiger partial charge is 0.289 e. The number of hydroxylamine groups is 1. The molecule has 0 aliphatic carbocycles. The van der Waals surface area contributed by atoms with Gasteiger partial charge in [0.15, 0.2) is 9.84 Å². The van der Waals surface area contributed by atoms with Crippen LogP contribution in [0, 0.1) is 5.92 Å². The number of hydrogen-bond donors (Lipinski definition) is 2. The van der Waals surface area contributed by atoms with E-state index in [1.807, 2.05) is 30.3 Å². The van der Waals surface area contributed by atoms with Crippen LogP contribution in [0.1, 0.15) is 19.4 Å². The van der Waals surface area contributed by atoms with E-state index in [0.29, 0.717) is 6.42 Å². The second-order valence-corrected chi connectivity index (χ2v) is 6.99. The molecule has 19 heavy (non-hydrogen) atoms. The highest BCUT2D eigenvalue weighted by atomic mass is 32.2. The number of rotatable bonds is 6. The van der Waals surface area contributed by atoms with Gasteiger partial charge in [0.05, 0.1) is 5.75 Å². The number of sulfone groups is 1. The number of carbonyl (C=O) groups excluding carboxylic acids is 1. The summed E-state index contributed by atoms with van der Waals surface area (Å²) in [6, 6.07) is 9.21. The van der Waals surface area contributed by atoms with Gasteiger partial charge in [-0.25, -0.2) is 13.9 Å². The third-order valence-electron chi connectivity index (χ3n) is 2.88. The summed E-state index contributed by atoms with van der Waals surface area (Å²) in [5.41, 5.74) is 2.33. The number of carbonyl (C=O) groups is 1. The summed E-state index contributed by atoms with van der Waals surface area (Å²) >= 11 is 0. The molecule has 0 spiro atoms. The van der Waals surface area contributed by atoms with Crippen LogP contribution in [0.25, 0.3) is 0 Å². The van der Waals surface area contributed by atoms with Crippen molar-refractivity contribution < 1.29 is 18.4 Å². The van der Waals surface area contributed by atoms with Crippen LogP contribution < -0.4 is 5.48 Å². The lowest BCUT2D eigenvalue weighted by atomic mass is 10.1. The molecular weight excluding hydrogens is 266 g/mol. The van der Waals surface area contributed by atoms with Crippen LogP contribution in [-0.2, 0) is 21.1 Å². The highest BCUT2D eigenvalue weighted by Crippen LogP contribution is 2.15. The molecule has 0 radical (unpaired) electrons. The average molecular weight is 285 g/mol. The first kappa shape index (κ1) is 15.7. The minimum Gasteiger partial charge on any atom is -0.289 e. The van der Waals surface area contributed by atoms with Crippen LogP contribution in [0.2, 0.25) is 0 Å². The van der Waals surface area contributed by atoms with Gasteiger partial charge in [-0.15, -0.1) is 0 Å². The SMILES string of the molecule is CC(C)C(C(=O)NO)S(=O)(=O)CCc1ccccc1. The van der Waals surface area contributed by atoms with Crippen molar-refractivity contribution >= 4 is 15.7 Å². The smallest absolute Gasteiger partial charge is 0.261 e. The van der Waals surface area contributed by atoms with Gasteiger partial charge in [0.2, 0.25) is 0 Å². The van der Waals surface area contributed by atoms with E-state index in [1.165, 1.54) is 5.48 Å². The van der Waals surface area contributed by atoms with Crippen LogP contribution in [0.5, 0.6) is 0 Å². The van der Waals surface area contributed by atoms with Gasteiger partial charge >= 0.3 is 0 Å². The molecular formula is C13H19NO4S. The maximum Gasteiger partial charge on any atom is 0.261 e. The highest BCUT2D eigenvalue weighted by Gasteiger charge is 2.34. The van der Waals surface area contributed by atoms with E-state index in [0.717, 1.165) is 5.56 Å². The lowest BCUT2D eigenvalue weighted by molar-refractivity contribution is -0.129. The van der Waals surface area contributed by atoms with Crippen LogP contribution in [0.4, 0.5) is 0 Å². The summed E-state index contributed by atoms with van der Waals surface area (Å²) in [4.78, 5) is 11.5. The molecule has 2 N–H and O–H groups in total. The van der Waals surface area contributed by atoms with Crippen molar-refractivity contribution in [3.8, 4) is 0 Å². The molecule has 5 nitrogen and oxygen atoms in total. The second-order valence-electron chi connectivity index (χ2n) is 4.74. The molecule has 1 aromatic carbocycles. The number of aryl methyl sites for hydroxylation is 1. The Morgan fingerprint density at radius 3 is 2.32 bits per heavy atom. The van der Waals surface area contributed by atoms with Crippen LogP contribution >= 0.6 is 0 Å². The number of hydrogen-bond acceptors (Lipinski definition) is 4. The summed E-state index contributed by atoms with van der Waals surface area (Å²) in [5, 5.41) is 7.42. The summed E-state index contributed by atoms with van der Waals surface area (Å²) in [7, 11) is -3.60. The van der Waals surface area contributed by atoms with Gasteiger partial charge in [0.25, 0.3) is 5.91 Å². The fourth-order valence-electron chi connectivity index (χ4n) is 1.98. The fourth-order valence-corrected chi connectivity index (χ4v) is 3.96. The van der Waals surface area contributed by atoms with Gasteiger partial charge in [-0.2, -0.15) is 0 Å². The summed E-state index contributed by atoms with van der Waals surface area (Å²) in [6.07, 6.45) is 0.352. The van der Waals surface area contributed by atoms with Crippen molar-refractivity contribution in [2.75, 3.05) is 5.75 Å². The van der Waals surface area contributed by atoms with Crippen molar-refractivity contribution in [1.29, 1.82) is 0 Å². The molecule has 106 valence electrons. The van der Waals surface area contributed by atoms with Gasteiger partial charge in [-0.05, 0) is 17.9 Å². The van der Waals surface area contributed by atoms with Crippen molar-refractivity contribution in [1.82, 2.24) is 5.48 Å². The number of benzene rings is 1. The molecule has 0 bridgehead atoms. The molecule has 0 saturated heterocycles. The topological polar surface area (TPSA) is 83.5 Å². The van der Waals surface area contributed by atoms with E-state index in [4.69, 9.17) is 5.21 Å². The van der Waals surface area contributed by atoms with E-state index < -0.39 is 26.9 Å². The molecule has 0 aliphatic heterocycles. The first-order valence-electron chi connectivity index (χ1n) is 6.08. The number of amides is 1. The first-order chi connectivity index (χ1) is 8.88. The van der Waals surface area contributed by atoms with E-state index in [1.54, 1.807) is 13.8 Å². The molecule has 1 rings (SSSR count). The Morgan fingerprint density at radius 2 is 1.84 bits per heavy atom. The zero-order valence-corrected chi connectivity index (χ0v) is 11.9. The van der Waals surface area contributed by atoms with E-state index in [-0.39, 0.29) is 5.75 Å². The Morgan fingerprint density at radius 1 is 1.26 bits per heavy atom. The number of nitrogens with one attached hydrogen (secondary N) is 1. The molecule has 1 unspecified atom stereocenters. The predicted octanol–water partition coefficient (Wildman–Crippen LogP) is 1.17. The van der Waals surface area contributed by atoms with E-state index in [9.17, 15) is 13.2 Å². The van der Waals surface area contributed by atoms with Gasteiger partial charge in [0.1, 0.15) is 5.25 Å². The van der Waals surface area contributed by atoms with Gasteiger partial charge < -0.3 is 0 Å². The highest BCUT2D eigenvalue weighted by molar-refractivity contribution is 7.92. The lowest BCUT2D eigenvalue weighted by Gasteiger charge is -2.19. The fraction of sp³-hybridized carbons (Fsp3) is 0.462. The Labute approximate surface area is 113 Å². The standard InChI is InChI=1S/C13H19NO4S/c1-10(2)12(13(15)14-16)19(17,18)9-8-11-6-4-3-5-7-11/h3-7,10,12,16H,8-9H2,1-2H3,(H,14,15). The van der Waals surface area contributed by atoms with Gasteiger partial charge in [-0.3, -0.25) is 10.0 Å². The lowest BCUT2D eigenvalue weighted by Crippen LogP contribution is -2.43. The predicted molar refractivity (Wildman–Crippen MR) is 72.5 cm³/mol. The van der Waals surface area contributed by atoms with Gasteiger partial charge in [-0.1, -0.05) is 44.2 Å². The van der Waals surface area contributed by atoms with Crippen LogP contribution in [0.15, 0.2) is 30.3 Å². The Kier molecular flexibility index (Phi) is 5.50. The summed E-state index contributed by atoms with van der Waals surface area (Å²) in [6.45, 7) is 3.28. The molecule has 1 aromatic rings. The molecule has 1 atom stereocenters. The average Bonchev–Trinajstić information content (AvgIpc) is 2.37. The Balaban J connectivity index is 2.81. The molecule has 0 heterocycles. The summed E-state index contributed by atoms with van der Waals surface area (Å²) in [5.74, 6) is -1.39. The van der Waals surface area contributed by atoms with E-state index in [2.05, 4.69) is 0 Å². The van der Waals surface area contributed by atoms with Crippen LogP contribution in [0.3, 0.4) is 0 Å². The second kappa shape index (κ2) is 6.68. The van der Waals surface area contributed by atoms with Crippen molar-refractivity contribution in [2.24, 2.45) is 5.92 Å². The maximum atomic E-state index is 12.2. The molecule has 0 aliphatic rings. The Hall–Kier alpha value is -1.40. The zero-order chi connectivity index (χ0) is 14.5. The van der Waals surface area contributed by atoms with Crippen LogP contribution in [-0.4, -0.2) is 30.5 Å². The third-order valence-corrected chi connectivity index (χ3v) is 5.18. The minimum absolute atomic E-state index is 0.118. The van der Waals surface area contributed by atoms with Crippen molar-refractivity contribution in [2.45, 2.75) is 25.5 Å². The van der Waals surface area contributed by atoms with Crippen molar-refractivity contribution in [3.63, 3.8) is 0 Å². The Bertz CT molecular complexity index is 511.